The maximum absolute atomic E-state index is 13.7. The van der Waals surface area contributed by atoms with Crippen molar-refractivity contribution in [2.45, 2.75) is 79.1 Å². The lowest BCUT2D eigenvalue weighted by molar-refractivity contribution is -0.161. The summed E-state index contributed by atoms with van der Waals surface area (Å²) in [7, 11) is -3.42. The quantitative estimate of drug-likeness (QED) is 0.0444. The van der Waals surface area contributed by atoms with Gasteiger partial charge in [0.1, 0.15) is 29.4 Å². The Kier molecular flexibility index (Phi) is 13.3. The maximum atomic E-state index is 13.7. The third-order valence-corrected chi connectivity index (χ3v) is 10.8. The number of ether oxygens (including phenoxy) is 4. The molecule has 10 nitrogen and oxygen atoms in total. The van der Waals surface area contributed by atoms with E-state index in [9.17, 15) is 14.2 Å². The lowest BCUT2D eigenvalue weighted by Gasteiger charge is -2.23. The fourth-order valence-electron chi connectivity index (χ4n) is 4.76. The minimum Gasteiger partial charge on any atom is -0.496 e. The van der Waals surface area contributed by atoms with Crippen LogP contribution in [-0.4, -0.2) is 59.3 Å². The van der Waals surface area contributed by atoms with Crippen molar-refractivity contribution in [1.82, 2.24) is 5.32 Å². The molecule has 0 fully saturated rings. The number of methoxy groups -OCH3 is 1. The SMILES string of the molecule is CCC(=O)O[C@H](C)OP(=O)(CCNCC(C)=CCc1c(OC)c(C)c2c(c1OCC[Si](C)(C)C)C(=O)OC2)Oc1ccccc1. The molecule has 0 amide bonds. The molecule has 0 spiro atoms. The Bertz CT molecular complexity index is 1410. The summed E-state index contributed by atoms with van der Waals surface area (Å²) >= 11 is 0. The largest absolute Gasteiger partial charge is 0.496 e. The van der Waals surface area contributed by atoms with Crippen LogP contribution in [-0.2, 0) is 36.4 Å². The van der Waals surface area contributed by atoms with E-state index >= 15 is 0 Å². The standard InChI is InChI=1S/C33H48NO9PSi/c1-9-29(35)41-25(4)42-44(37,43-26-13-11-10-12-14-26)19-17-34-21-23(2)15-16-27-31(38-5)24(3)28-22-40-33(36)30(28)32(27)39-18-20-45(6,7)8/h10-15,25,34H,9,16-22H2,1-8H3/t25-,44?/m0/s1. The molecule has 2 atom stereocenters. The number of benzene rings is 2. The highest BCUT2D eigenvalue weighted by molar-refractivity contribution is 7.54. The lowest BCUT2D eigenvalue weighted by Crippen LogP contribution is -2.24. The van der Waals surface area contributed by atoms with Gasteiger partial charge in [0, 0.05) is 38.7 Å². The predicted octanol–water partition coefficient (Wildman–Crippen LogP) is 7.06. The number of hydrogen-bond acceptors (Lipinski definition) is 10. The summed E-state index contributed by atoms with van der Waals surface area (Å²) in [6.45, 7) is 15.5. The summed E-state index contributed by atoms with van der Waals surface area (Å²) in [5.41, 5.74) is 4.02. The monoisotopic (exact) mass is 661 g/mol. The van der Waals surface area contributed by atoms with Crippen molar-refractivity contribution in [1.29, 1.82) is 0 Å². The zero-order valence-electron chi connectivity index (χ0n) is 27.8. The molecule has 0 saturated carbocycles. The van der Waals surface area contributed by atoms with Gasteiger partial charge in [0.2, 0.25) is 6.29 Å². The van der Waals surface area contributed by atoms with Crippen molar-refractivity contribution < 1.29 is 42.1 Å². The molecule has 12 heteroatoms. The molecular formula is C33H48NO9PSi. The Balaban J connectivity index is 1.71. The van der Waals surface area contributed by atoms with Crippen LogP contribution < -0.4 is 19.3 Å². The van der Waals surface area contributed by atoms with Crippen LogP contribution in [0.25, 0.3) is 0 Å². The number of carbonyl (C=O) groups excluding carboxylic acids is 2. The molecule has 1 aliphatic heterocycles. The molecule has 2 aromatic rings. The van der Waals surface area contributed by atoms with Crippen LogP contribution in [0.3, 0.4) is 0 Å². The maximum Gasteiger partial charge on any atom is 0.383 e. The third kappa shape index (κ3) is 10.7. The normalized spacial score (nSPS) is 15.1. The number of allylic oxidation sites excluding steroid dienone is 1. The first-order valence-electron chi connectivity index (χ1n) is 15.4. The Morgan fingerprint density at radius 1 is 1.18 bits per heavy atom. The molecule has 1 unspecified atom stereocenters. The molecule has 1 aliphatic rings. The highest BCUT2D eigenvalue weighted by atomic mass is 31.2. The Morgan fingerprint density at radius 2 is 1.89 bits per heavy atom. The van der Waals surface area contributed by atoms with E-state index in [1.54, 1.807) is 38.3 Å². The second-order valence-electron chi connectivity index (χ2n) is 12.2. The van der Waals surface area contributed by atoms with E-state index in [-0.39, 0.29) is 25.2 Å². The second-order valence-corrected chi connectivity index (χ2v) is 19.9. The van der Waals surface area contributed by atoms with Crippen molar-refractivity contribution in [3.8, 4) is 17.2 Å². The minimum atomic E-state index is -3.68. The molecule has 248 valence electrons. The average molecular weight is 662 g/mol. The van der Waals surface area contributed by atoms with Crippen molar-refractivity contribution in [3.63, 3.8) is 0 Å². The van der Waals surface area contributed by atoms with Gasteiger partial charge in [-0.1, -0.05) is 56.4 Å². The van der Waals surface area contributed by atoms with Crippen molar-refractivity contribution in [3.05, 3.63) is 64.2 Å². The number of esters is 2. The van der Waals surface area contributed by atoms with E-state index in [0.29, 0.717) is 48.9 Å². The third-order valence-electron chi connectivity index (χ3n) is 7.23. The van der Waals surface area contributed by atoms with Gasteiger partial charge in [-0.2, -0.15) is 0 Å². The fourth-order valence-corrected chi connectivity index (χ4v) is 7.08. The number of fused-ring (bicyclic) bond motifs is 1. The fraction of sp³-hybridized carbons (Fsp3) is 0.515. The first-order chi connectivity index (χ1) is 21.3. The first kappa shape index (κ1) is 36.4. The molecule has 1 heterocycles. The van der Waals surface area contributed by atoms with Crippen LogP contribution in [0.4, 0.5) is 0 Å². The lowest BCUT2D eigenvalue weighted by atomic mass is 9.95. The van der Waals surface area contributed by atoms with Crippen LogP contribution in [0.15, 0.2) is 42.0 Å². The van der Waals surface area contributed by atoms with Gasteiger partial charge in [-0.05, 0) is 50.9 Å². The summed E-state index contributed by atoms with van der Waals surface area (Å²) in [5, 5.41) is 3.30. The van der Waals surface area contributed by atoms with Gasteiger partial charge in [-0.25, -0.2) is 9.36 Å². The Morgan fingerprint density at radius 3 is 2.53 bits per heavy atom. The average Bonchev–Trinajstić information content (AvgIpc) is 3.36. The molecule has 0 saturated heterocycles. The summed E-state index contributed by atoms with van der Waals surface area (Å²) in [5.74, 6) is 0.812. The van der Waals surface area contributed by atoms with Gasteiger partial charge < -0.3 is 28.8 Å². The summed E-state index contributed by atoms with van der Waals surface area (Å²) in [6, 6.07) is 9.71. The smallest absolute Gasteiger partial charge is 0.383 e. The van der Waals surface area contributed by atoms with Crippen molar-refractivity contribution in [2.24, 2.45) is 0 Å². The van der Waals surface area contributed by atoms with Crippen molar-refractivity contribution >= 4 is 27.6 Å². The molecule has 2 aromatic carbocycles. The summed E-state index contributed by atoms with van der Waals surface area (Å²) in [4.78, 5) is 24.5. The summed E-state index contributed by atoms with van der Waals surface area (Å²) < 4.78 is 47.8. The van der Waals surface area contributed by atoms with E-state index in [0.717, 1.165) is 28.3 Å². The molecular weight excluding hydrogens is 613 g/mol. The molecule has 0 radical (unpaired) electrons. The Labute approximate surface area is 268 Å². The van der Waals surface area contributed by atoms with Gasteiger partial charge >= 0.3 is 19.5 Å². The molecule has 0 aromatic heterocycles. The number of hydrogen-bond donors (Lipinski definition) is 1. The van der Waals surface area contributed by atoms with Crippen LogP contribution in [0, 0.1) is 6.92 Å². The van der Waals surface area contributed by atoms with E-state index in [1.807, 2.05) is 19.9 Å². The zero-order chi connectivity index (χ0) is 33.2. The topological polar surface area (TPSA) is 119 Å². The van der Waals surface area contributed by atoms with Crippen LogP contribution in [0.1, 0.15) is 54.2 Å². The van der Waals surface area contributed by atoms with E-state index in [4.69, 9.17) is 28.0 Å². The predicted molar refractivity (Wildman–Crippen MR) is 177 cm³/mol. The molecule has 0 bridgehead atoms. The number of cyclic esters (lactones) is 1. The number of rotatable bonds is 18. The summed E-state index contributed by atoms with van der Waals surface area (Å²) in [6.07, 6.45) is 1.75. The van der Waals surface area contributed by atoms with Gasteiger partial charge in [-0.15, -0.1) is 0 Å². The van der Waals surface area contributed by atoms with Gasteiger partial charge in [0.15, 0.2) is 0 Å². The van der Waals surface area contributed by atoms with Crippen LogP contribution in [0.2, 0.25) is 25.7 Å². The van der Waals surface area contributed by atoms with Gasteiger partial charge in [-0.3, -0.25) is 9.32 Å². The molecule has 0 aliphatic carbocycles. The number of nitrogens with one attached hydrogen (secondary N) is 1. The highest BCUT2D eigenvalue weighted by Crippen LogP contribution is 2.49. The zero-order valence-corrected chi connectivity index (χ0v) is 29.7. The number of carbonyl (C=O) groups is 2. The second kappa shape index (κ2) is 16.4. The molecule has 1 N–H and O–H groups in total. The number of para-hydroxylation sites is 1. The van der Waals surface area contributed by atoms with E-state index in [1.165, 1.54) is 6.92 Å². The molecule has 3 rings (SSSR count). The highest BCUT2D eigenvalue weighted by Gasteiger charge is 2.33. The van der Waals surface area contributed by atoms with Crippen molar-refractivity contribution in [2.75, 3.05) is 33.0 Å². The Hall–Kier alpha value is -3.11. The van der Waals surface area contributed by atoms with E-state index < -0.39 is 27.9 Å². The van der Waals surface area contributed by atoms with Gasteiger partial charge in [0.05, 0.1) is 19.9 Å². The van der Waals surface area contributed by atoms with E-state index in [2.05, 4.69) is 31.0 Å². The molecule has 45 heavy (non-hydrogen) atoms. The van der Waals surface area contributed by atoms with Gasteiger partial charge in [0.25, 0.3) is 0 Å². The first-order valence-corrected chi connectivity index (χ1v) is 20.8. The minimum absolute atomic E-state index is 0.0538. The van der Waals surface area contributed by atoms with Crippen LogP contribution in [0.5, 0.6) is 17.2 Å². The van der Waals surface area contributed by atoms with Crippen LogP contribution >= 0.6 is 7.60 Å².